The summed E-state index contributed by atoms with van der Waals surface area (Å²) in [4.78, 5) is 24.0. The van der Waals surface area contributed by atoms with Crippen LogP contribution in [0.2, 0.25) is 0 Å². The van der Waals surface area contributed by atoms with Gasteiger partial charge in [0.2, 0.25) is 5.78 Å². The number of ketones is 2. The number of Topliss-reactive ketones (excluding diaryl/α,β-unsaturated/α-hetero) is 1. The van der Waals surface area contributed by atoms with Crippen molar-refractivity contribution in [2.75, 3.05) is 0 Å². The third-order valence-electron chi connectivity index (χ3n) is 2.74. The van der Waals surface area contributed by atoms with E-state index in [4.69, 9.17) is 0 Å². The van der Waals surface area contributed by atoms with Gasteiger partial charge in [-0.3, -0.25) is 14.7 Å². The third kappa shape index (κ3) is 1.41. The Morgan fingerprint density at radius 2 is 1.88 bits per heavy atom. The van der Waals surface area contributed by atoms with E-state index in [9.17, 15) is 9.59 Å². The summed E-state index contributed by atoms with van der Waals surface area (Å²) in [6.07, 6.45) is 1.44. The second-order valence-corrected chi connectivity index (χ2v) is 5.07. The molecule has 0 aliphatic heterocycles. The van der Waals surface area contributed by atoms with Crippen molar-refractivity contribution in [1.29, 1.82) is 0 Å². The molecule has 0 aromatic carbocycles. The van der Waals surface area contributed by atoms with E-state index < -0.39 is 0 Å². The van der Waals surface area contributed by atoms with Crippen molar-refractivity contribution in [2.45, 2.75) is 27.7 Å². The van der Waals surface area contributed by atoms with Crippen LogP contribution in [0.4, 0.5) is 0 Å². The maximum absolute atomic E-state index is 12.1. The van der Waals surface area contributed by atoms with Crippen LogP contribution in [0, 0.1) is 12.3 Å². The number of aromatic nitrogens is 2. The molecule has 1 N–H and O–H groups in total. The Morgan fingerprint density at radius 3 is 2.44 bits per heavy atom. The van der Waals surface area contributed by atoms with Gasteiger partial charge in [0, 0.05) is 11.3 Å². The molecule has 1 aromatic heterocycles. The first-order valence-corrected chi connectivity index (χ1v) is 5.18. The zero-order chi connectivity index (χ0) is 12.1. The van der Waals surface area contributed by atoms with Crippen molar-refractivity contribution in [1.82, 2.24) is 10.2 Å². The number of fused-ring (bicyclic) bond motifs is 1. The van der Waals surface area contributed by atoms with Crippen LogP contribution in [-0.2, 0) is 0 Å². The van der Waals surface area contributed by atoms with Gasteiger partial charge in [-0.05, 0) is 18.4 Å². The SMILES string of the molecule is Cc1[nH]nc2c1C(=O)C=C(C(C)(C)C)C2=O. The van der Waals surface area contributed by atoms with E-state index in [0.29, 0.717) is 16.8 Å². The van der Waals surface area contributed by atoms with Crippen molar-refractivity contribution in [3.8, 4) is 0 Å². The summed E-state index contributed by atoms with van der Waals surface area (Å²) in [6.45, 7) is 7.48. The standard InChI is InChI=1S/C12H14N2O2/c1-6-9-8(15)5-7(12(2,3)4)11(16)10(9)14-13-6/h5H,1-4H3,(H,13,14). The second kappa shape index (κ2) is 3.14. The lowest BCUT2D eigenvalue weighted by atomic mass is 9.78. The number of carbonyl (C=O) groups excluding carboxylic acids is 2. The lowest BCUT2D eigenvalue weighted by Crippen LogP contribution is -2.25. The fourth-order valence-electron chi connectivity index (χ4n) is 1.85. The maximum Gasteiger partial charge on any atom is 0.210 e. The molecule has 4 nitrogen and oxygen atoms in total. The maximum atomic E-state index is 12.1. The molecule has 0 saturated heterocycles. The number of nitrogens with one attached hydrogen (secondary N) is 1. The molecular formula is C12H14N2O2. The molecule has 2 rings (SSSR count). The van der Waals surface area contributed by atoms with E-state index in [1.54, 1.807) is 6.92 Å². The number of aromatic amines is 1. The van der Waals surface area contributed by atoms with Crippen LogP contribution in [0.15, 0.2) is 11.6 Å². The lowest BCUT2D eigenvalue weighted by molar-refractivity contribution is 0.0963. The molecule has 0 spiro atoms. The molecular weight excluding hydrogens is 204 g/mol. The van der Waals surface area contributed by atoms with Gasteiger partial charge in [0.15, 0.2) is 5.78 Å². The fraction of sp³-hybridized carbons (Fsp3) is 0.417. The number of hydrogen-bond acceptors (Lipinski definition) is 3. The van der Waals surface area contributed by atoms with Gasteiger partial charge in [-0.2, -0.15) is 5.10 Å². The van der Waals surface area contributed by atoms with Crippen molar-refractivity contribution >= 4 is 11.6 Å². The summed E-state index contributed by atoms with van der Waals surface area (Å²) in [5.41, 5.74) is 1.51. The summed E-state index contributed by atoms with van der Waals surface area (Å²) < 4.78 is 0. The van der Waals surface area contributed by atoms with Crippen LogP contribution < -0.4 is 0 Å². The summed E-state index contributed by atoms with van der Waals surface area (Å²) in [5, 5.41) is 6.60. The highest BCUT2D eigenvalue weighted by molar-refractivity contribution is 6.24. The zero-order valence-electron chi connectivity index (χ0n) is 9.84. The second-order valence-electron chi connectivity index (χ2n) is 5.07. The van der Waals surface area contributed by atoms with Crippen LogP contribution in [0.5, 0.6) is 0 Å². The van der Waals surface area contributed by atoms with Crippen molar-refractivity contribution in [3.63, 3.8) is 0 Å². The van der Waals surface area contributed by atoms with E-state index in [1.807, 2.05) is 20.8 Å². The Bertz CT molecular complexity index is 516. The van der Waals surface area contributed by atoms with Crippen LogP contribution >= 0.6 is 0 Å². The Balaban J connectivity index is 2.61. The molecule has 1 aliphatic carbocycles. The highest BCUT2D eigenvalue weighted by Crippen LogP contribution is 2.32. The van der Waals surface area contributed by atoms with Gasteiger partial charge in [0.05, 0.1) is 5.56 Å². The van der Waals surface area contributed by atoms with Crippen LogP contribution in [-0.4, -0.2) is 21.8 Å². The lowest BCUT2D eigenvalue weighted by Gasteiger charge is -2.23. The molecule has 16 heavy (non-hydrogen) atoms. The quantitative estimate of drug-likeness (QED) is 0.725. The molecule has 1 aromatic rings. The Labute approximate surface area is 93.7 Å². The molecule has 1 heterocycles. The fourth-order valence-corrected chi connectivity index (χ4v) is 1.85. The number of allylic oxidation sites excluding steroid dienone is 2. The van der Waals surface area contributed by atoms with Gasteiger partial charge >= 0.3 is 0 Å². The van der Waals surface area contributed by atoms with Crippen molar-refractivity contribution < 1.29 is 9.59 Å². The molecule has 0 fully saturated rings. The molecule has 4 heteroatoms. The van der Waals surface area contributed by atoms with Gasteiger partial charge in [0.1, 0.15) is 5.69 Å². The summed E-state index contributed by atoms with van der Waals surface area (Å²) in [6, 6.07) is 0. The summed E-state index contributed by atoms with van der Waals surface area (Å²) in [7, 11) is 0. The van der Waals surface area contributed by atoms with E-state index in [1.165, 1.54) is 6.08 Å². The highest BCUT2D eigenvalue weighted by Gasteiger charge is 2.35. The number of aryl methyl sites for hydroxylation is 1. The number of nitrogens with zero attached hydrogens (tertiary/aromatic N) is 1. The smallest absolute Gasteiger partial charge is 0.210 e. The van der Waals surface area contributed by atoms with E-state index >= 15 is 0 Å². The van der Waals surface area contributed by atoms with Crippen LogP contribution in [0.1, 0.15) is 47.3 Å². The zero-order valence-corrected chi connectivity index (χ0v) is 9.84. The van der Waals surface area contributed by atoms with Crippen molar-refractivity contribution in [3.05, 3.63) is 28.6 Å². The van der Waals surface area contributed by atoms with Gasteiger partial charge < -0.3 is 0 Å². The minimum atomic E-state index is -0.336. The summed E-state index contributed by atoms with van der Waals surface area (Å²) in [5.74, 6) is -0.280. The largest absolute Gasteiger partial charge is 0.289 e. The average molecular weight is 218 g/mol. The Hall–Kier alpha value is -1.71. The first-order valence-electron chi connectivity index (χ1n) is 5.18. The van der Waals surface area contributed by atoms with Gasteiger partial charge in [-0.1, -0.05) is 20.8 Å². The predicted molar refractivity (Wildman–Crippen MR) is 59.5 cm³/mol. The molecule has 0 radical (unpaired) electrons. The highest BCUT2D eigenvalue weighted by atomic mass is 16.1. The van der Waals surface area contributed by atoms with Gasteiger partial charge in [-0.25, -0.2) is 0 Å². The Kier molecular flexibility index (Phi) is 2.12. The molecule has 0 unspecified atom stereocenters. The number of hydrogen-bond donors (Lipinski definition) is 1. The number of H-pyrrole nitrogens is 1. The third-order valence-corrected chi connectivity index (χ3v) is 2.74. The molecule has 1 aliphatic rings. The molecule has 0 bridgehead atoms. The molecule has 0 saturated carbocycles. The number of carbonyl (C=O) groups is 2. The minimum absolute atomic E-state index is 0.134. The van der Waals surface area contributed by atoms with E-state index in [2.05, 4.69) is 10.2 Å². The van der Waals surface area contributed by atoms with E-state index in [0.717, 1.165) is 0 Å². The minimum Gasteiger partial charge on any atom is -0.289 e. The van der Waals surface area contributed by atoms with Crippen LogP contribution in [0.3, 0.4) is 0 Å². The Morgan fingerprint density at radius 1 is 1.25 bits per heavy atom. The normalized spacial score (nSPS) is 16.1. The van der Waals surface area contributed by atoms with Crippen LogP contribution in [0.25, 0.3) is 0 Å². The van der Waals surface area contributed by atoms with Gasteiger partial charge in [-0.15, -0.1) is 0 Å². The molecule has 0 atom stereocenters. The molecule has 0 amide bonds. The molecule has 84 valence electrons. The predicted octanol–water partition coefficient (Wildman–Crippen LogP) is 2.07. The summed E-state index contributed by atoms with van der Waals surface area (Å²) >= 11 is 0. The average Bonchev–Trinajstić information content (AvgIpc) is 2.53. The monoisotopic (exact) mass is 218 g/mol. The topological polar surface area (TPSA) is 62.8 Å². The first kappa shape index (κ1) is 10.8. The number of rotatable bonds is 0. The van der Waals surface area contributed by atoms with Crippen molar-refractivity contribution in [2.24, 2.45) is 5.41 Å². The first-order chi connectivity index (χ1) is 7.32. The van der Waals surface area contributed by atoms with Gasteiger partial charge in [0.25, 0.3) is 0 Å². The van der Waals surface area contributed by atoms with E-state index in [-0.39, 0.29) is 22.7 Å².